The molecule has 3 heteroatoms. The number of methoxy groups -OCH3 is 1. The normalized spacial score (nSPS) is 14.9. The first-order valence-corrected chi connectivity index (χ1v) is 6.00. The smallest absolute Gasteiger partial charge is 0.331 e. The van der Waals surface area contributed by atoms with E-state index in [0.29, 0.717) is 0 Å². The van der Waals surface area contributed by atoms with Gasteiger partial charge in [-0.2, -0.15) is 0 Å². The highest BCUT2D eigenvalue weighted by molar-refractivity contribution is 5.70. The lowest BCUT2D eigenvalue weighted by Crippen LogP contribution is -2.04. The Balaban J connectivity index is 0.000000209. The predicted molar refractivity (Wildman–Crippen MR) is 66.8 cm³/mol. The van der Waals surface area contributed by atoms with E-state index in [1.165, 1.54) is 32.8 Å². The van der Waals surface area contributed by atoms with Gasteiger partial charge in [-0.1, -0.05) is 43.2 Å². The fraction of sp³-hybridized carbons (Fsp3) is 0.500. The van der Waals surface area contributed by atoms with E-state index in [1.54, 1.807) is 5.56 Å². The lowest BCUT2D eigenvalue weighted by atomic mass is 9.98. The van der Waals surface area contributed by atoms with Crippen molar-refractivity contribution in [3.05, 3.63) is 35.9 Å². The maximum absolute atomic E-state index is 9.71. The van der Waals surface area contributed by atoms with Crippen LogP contribution in [0, 0.1) is 0 Å². The van der Waals surface area contributed by atoms with Gasteiger partial charge in [0, 0.05) is 0 Å². The summed E-state index contributed by atoms with van der Waals surface area (Å²) >= 11 is 0. The van der Waals surface area contributed by atoms with Gasteiger partial charge in [-0.05, 0) is 24.3 Å². The van der Waals surface area contributed by atoms with E-state index in [0.717, 1.165) is 5.92 Å². The van der Waals surface area contributed by atoms with Gasteiger partial charge in [0.05, 0.1) is 7.11 Å². The Morgan fingerprint density at radius 1 is 1.29 bits per heavy atom. The molecule has 0 amide bonds. The molecule has 17 heavy (non-hydrogen) atoms. The third kappa shape index (κ3) is 5.00. The van der Waals surface area contributed by atoms with E-state index in [9.17, 15) is 4.79 Å². The van der Waals surface area contributed by atoms with Crippen LogP contribution in [0.2, 0.25) is 0 Å². The topological polar surface area (TPSA) is 46.5 Å². The van der Waals surface area contributed by atoms with Crippen LogP contribution < -0.4 is 0 Å². The minimum absolute atomic E-state index is 0.531. The molecule has 1 saturated carbocycles. The number of aliphatic hydroxyl groups is 1. The van der Waals surface area contributed by atoms with Gasteiger partial charge in [0.15, 0.2) is 0 Å². The zero-order valence-electron chi connectivity index (χ0n) is 10.3. The van der Waals surface area contributed by atoms with Crippen LogP contribution >= 0.6 is 0 Å². The van der Waals surface area contributed by atoms with Crippen LogP contribution in [0.4, 0.5) is 0 Å². The molecule has 1 aliphatic rings. The van der Waals surface area contributed by atoms with Gasteiger partial charge in [-0.25, -0.2) is 4.79 Å². The van der Waals surface area contributed by atoms with E-state index >= 15 is 0 Å². The first-order valence-electron chi connectivity index (χ1n) is 6.00. The third-order valence-corrected chi connectivity index (χ3v) is 2.98. The molecule has 0 atom stereocenters. The number of carbonyl (C=O) groups is 1. The van der Waals surface area contributed by atoms with Crippen molar-refractivity contribution in [1.29, 1.82) is 0 Å². The van der Waals surface area contributed by atoms with E-state index in [2.05, 4.69) is 35.1 Å². The van der Waals surface area contributed by atoms with Gasteiger partial charge in [0.2, 0.25) is 0 Å². The standard InChI is InChI=1S/C11H14.C3H6O3/c1-2-6-10(7-3-1)11-8-4-5-9-11;1-6-3(5)2-4/h1-3,6-7,11H,4-5,8-9H2;4H,2H2,1H3. The van der Waals surface area contributed by atoms with Crippen LogP contribution in [-0.2, 0) is 9.53 Å². The zero-order chi connectivity index (χ0) is 12.5. The lowest BCUT2D eigenvalue weighted by Gasteiger charge is -2.07. The first-order chi connectivity index (χ1) is 8.27. The van der Waals surface area contributed by atoms with Crippen molar-refractivity contribution in [3.8, 4) is 0 Å². The molecule has 0 aliphatic heterocycles. The number of rotatable bonds is 2. The summed E-state index contributed by atoms with van der Waals surface area (Å²) in [7, 11) is 1.22. The van der Waals surface area contributed by atoms with Crippen LogP contribution in [0.15, 0.2) is 30.3 Å². The van der Waals surface area contributed by atoms with Crippen LogP contribution in [0.1, 0.15) is 37.2 Å². The Morgan fingerprint density at radius 3 is 2.29 bits per heavy atom. The fourth-order valence-corrected chi connectivity index (χ4v) is 2.05. The summed E-state index contributed by atoms with van der Waals surface area (Å²) in [5, 5.41) is 7.86. The molecule has 0 spiro atoms. The second kappa shape index (κ2) is 7.85. The van der Waals surface area contributed by atoms with Gasteiger partial charge in [0.1, 0.15) is 6.61 Å². The second-order valence-electron chi connectivity index (χ2n) is 4.13. The summed E-state index contributed by atoms with van der Waals surface area (Å²) in [4.78, 5) is 9.71. The summed E-state index contributed by atoms with van der Waals surface area (Å²) in [5.41, 5.74) is 1.55. The molecule has 0 saturated heterocycles. The van der Waals surface area contributed by atoms with Crippen molar-refractivity contribution in [3.63, 3.8) is 0 Å². The monoisotopic (exact) mass is 236 g/mol. The molecule has 0 unspecified atom stereocenters. The number of hydrogen-bond donors (Lipinski definition) is 1. The molecule has 94 valence electrons. The molecule has 0 heterocycles. The van der Waals surface area contributed by atoms with E-state index < -0.39 is 12.6 Å². The maximum Gasteiger partial charge on any atom is 0.331 e. The van der Waals surface area contributed by atoms with Crippen molar-refractivity contribution in [2.45, 2.75) is 31.6 Å². The first kappa shape index (κ1) is 13.7. The van der Waals surface area contributed by atoms with Crippen molar-refractivity contribution in [2.24, 2.45) is 0 Å². The number of esters is 1. The molecule has 0 radical (unpaired) electrons. The van der Waals surface area contributed by atoms with Crippen LogP contribution in [-0.4, -0.2) is 24.8 Å². The second-order valence-corrected chi connectivity index (χ2v) is 4.13. The Bertz CT molecular complexity index is 309. The average Bonchev–Trinajstić information content (AvgIpc) is 2.93. The largest absolute Gasteiger partial charge is 0.467 e. The van der Waals surface area contributed by atoms with E-state index in [1.807, 2.05) is 0 Å². The summed E-state index contributed by atoms with van der Waals surface area (Å²) in [6.07, 6.45) is 5.67. The molecule has 1 aromatic rings. The summed E-state index contributed by atoms with van der Waals surface area (Å²) in [6, 6.07) is 10.9. The molecule has 0 aromatic heterocycles. The minimum Gasteiger partial charge on any atom is -0.467 e. The number of aliphatic hydroxyl groups excluding tert-OH is 1. The number of hydrogen-bond acceptors (Lipinski definition) is 3. The molecule has 3 nitrogen and oxygen atoms in total. The highest BCUT2D eigenvalue weighted by Crippen LogP contribution is 2.33. The quantitative estimate of drug-likeness (QED) is 0.802. The van der Waals surface area contributed by atoms with Gasteiger partial charge >= 0.3 is 5.97 Å². The van der Waals surface area contributed by atoms with E-state index in [4.69, 9.17) is 5.11 Å². The van der Waals surface area contributed by atoms with Gasteiger partial charge in [-0.15, -0.1) is 0 Å². The molecule has 0 bridgehead atoms. The summed E-state index contributed by atoms with van der Waals surface area (Å²) in [5.74, 6) is 0.270. The Hall–Kier alpha value is -1.35. The average molecular weight is 236 g/mol. The van der Waals surface area contributed by atoms with Crippen LogP contribution in [0.5, 0.6) is 0 Å². The molecule has 1 aromatic carbocycles. The molecular formula is C14H20O3. The fourth-order valence-electron chi connectivity index (χ4n) is 2.05. The van der Waals surface area contributed by atoms with Crippen LogP contribution in [0.3, 0.4) is 0 Å². The molecular weight excluding hydrogens is 216 g/mol. The van der Waals surface area contributed by atoms with E-state index in [-0.39, 0.29) is 0 Å². The highest BCUT2D eigenvalue weighted by Gasteiger charge is 2.15. The predicted octanol–water partition coefficient (Wildman–Crippen LogP) is 2.50. The summed E-state index contributed by atoms with van der Waals surface area (Å²) < 4.78 is 4.01. The maximum atomic E-state index is 9.71. The Labute approximate surface area is 102 Å². The van der Waals surface area contributed by atoms with Crippen molar-refractivity contribution >= 4 is 5.97 Å². The van der Waals surface area contributed by atoms with Gasteiger partial charge in [0.25, 0.3) is 0 Å². The van der Waals surface area contributed by atoms with Crippen molar-refractivity contribution in [2.75, 3.05) is 13.7 Å². The highest BCUT2D eigenvalue weighted by atomic mass is 16.5. The van der Waals surface area contributed by atoms with Gasteiger partial charge < -0.3 is 9.84 Å². The Morgan fingerprint density at radius 2 is 1.88 bits per heavy atom. The molecule has 1 fully saturated rings. The summed E-state index contributed by atoms with van der Waals surface area (Å²) in [6.45, 7) is -0.531. The SMILES string of the molecule is COC(=O)CO.c1ccc(C2CCCC2)cc1. The number of carbonyl (C=O) groups excluding carboxylic acids is 1. The third-order valence-electron chi connectivity index (χ3n) is 2.98. The zero-order valence-corrected chi connectivity index (χ0v) is 10.3. The molecule has 2 rings (SSSR count). The minimum atomic E-state index is -0.602. The van der Waals surface area contributed by atoms with Crippen molar-refractivity contribution in [1.82, 2.24) is 0 Å². The number of ether oxygens (including phenoxy) is 1. The lowest BCUT2D eigenvalue weighted by molar-refractivity contribution is -0.143. The van der Waals surface area contributed by atoms with Gasteiger partial charge in [-0.3, -0.25) is 0 Å². The Kier molecular flexibility index (Phi) is 6.33. The number of benzene rings is 1. The molecule has 1 N–H and O–H groups in total. The van der Waals surface area contributed by atoms with Crippen LogP contribution in [0.25, 0.3) is 0 Å². The van der Waals surface area contributed by atoms with Crippen molar-refractivity contribution < 1.29 is 14.6 Å². The molecule has 1 aliphatic carbocycles.